The molecule has 1 aromatic rings. The fourth-order valence-corrected chi connectivity index (χ4v) is 1.66. The first-order valence-electron chi connectivity index (χ1n) is 5.55. The molecule has 92 valence electrons. The van der Waals surface area contributed by atoms with E-state index in [0.717, 1.165) is 31.9 Å². The van der Waals surface area contributed by atoms with Crippen molar-refractivity contribution in [3.63, 3.8) is 0 Å². The lowest BCUT2D eigenvalue weighted by Crippen LogP contribution is -2.45. The predicted octanol–water partition coefficient (Wildman–Crippen LogP) is 0.932. The molecule has 1 aliphatic heterocycles. The van der Waals surface area contributed by atoms with Gasteiger partial charge in [-0.2, -0.15) is 0 Å². The maximum Gasteiger partial charge on any atom is 0.269 e. The van der Waals surface area contributed by atoms with Crippen LogP contribution in [-0.2, 0) is 11.3 Å². The van der Waals surface area contributed by atoms with Crippen molar-refractivity contribution in [3.8, 4) is 0 Å². The van der Waals surface area contributed by atoms with Crippen molar-refractivity contribution in [3.05, 3.63) is 39.9 Å². The summed E-state index contributed by atoms with van der Waals surface area (Å²) in [5, 5.41) is 12.6. The molecule has 0 atom stereocenters. The molecule has 2 rings (SSSR count). The van der Waals surface area contributed by atoms with Gasteiger partial charge in [0.05, 0.1) is 18.1 Å². The first-order valence-corrected chi connectivity index (χ1v) is 5.55. The molecule has 6 heteroatoms. The highest BCUT2D eigenvalue weighted by molar-refractivity contribution is 5.32. The zero-order chi connectivity index (χ0) is 12.1. The molecule has 0 radical (unpaired) electrons. The van der Waals surface area contributed by atoms with Gasteiger partial charge in [0.2, 0.25) is 0 Å². The quantitative estimate of drug-likeness (QED) is 0.623. The lowest BCUT2D eigenvalue weighted by atomic mass is 10.2. The van der Waals surface area contributed by atoms with Gasteiger partial charge in [-0.05, 0) is 5.56 Å². The minimum Gasteiger partial charge on any atom is -0.379 e. The summed E-state index contributed by atoms with van der Waals surface area (Å²) in [6.07, 6.45) is 0. The van der Waals surface area contributed by atoms with Crippen LogP contribution in [0.4, 0.5) is 5.69 Å². The van der Waals surface area contributed by atoms with Crippen LogP contribution in [0.5, 0.6) is 0 Å². The summed E-state index contributed by atoms with van der Waals surface area (Å²) in [5.41, 5.74) is 4.42. The Labute approximate surface area is 99.3 Å². The molecular formula is C11H15N3O3. The highest BCUT2D eigenvalue weighted by atomic mass is 16.6. The number of nitro benzene ring substituents is 1. The summed E-state index contributed by atoms with van der Waals surface area (Å²) < 4.78 is 5.24. The van der Waals surface area contributed by atoms with Gasteiger partial charge in [0.25, 0.3) is 5.69 Å². The van der Waals surface area contributed by atoms with E-state index in [1.807, 2.05) is 0 Å². The molecule has 0 spiro atoms. The molecule has 17 heavy (non-hydrogen) atoms. The molecule has 0 unspecified atom stereocenters. The largest absolute Gasteiger partial charge is 0.379 e. The highest BCUT2D eigenvalue weighted by Gasteiger charge is 2.09. The topological polar surface area (TPSA) is 67.6 Å². The SMILES string of the molecule is O=[N+]([O-])c1ccc(CNN2CCOCC2)cc1. The van der Waals surface area contributed by atoms with Crippen molar-refractivity contribution >= 4 is 5.69 Å². The molecule has 1 aromatic carbocycles. The molecule has 0 saturated carbocycles. The second-order valence-corrected chi connectivity index (χ2v) is 3.86. The fraction of sp³-hybridized carbons (Fsp3) is 0.455. The third-order valence-electron chi connectivity index (χ3n) is 2.67. The number of hydrazine groups is 1. The van der Waals surface area contributed by atoms with Crippen LogP contribution < -0.4 is 5.43 Å². The summed E-state index contributed by atoms with van der Waals surface area (Å²) in [6, 6.07) is 6.59. The number of rotatable bonds is 4. The number of morpholine rings is 1. The van der Waals surface area contributed by atoms with Crippen LogP contribution in [0, 0.1) is 10.1 Å². The van der Waals surface area contributed by atoms with Crippen LogP contribution in [0.1, 0.15) is 5.56 Å². The number of non-ortho nitro benzene ring substituents is 1. The summed E-state index contributed by atoms with van der Waals surface area (Å²) >= 11 is 0. The molecule has 1 heterocycles. The minimum atomic E-state index is -0.390. The fourth-order valence-electron chi connectivity index (χ4n) is 1.66. The van der Waals surface area contributed by atoms with Gasteiger partial charge in [-0.25, -0.2) is 5.01 Å². The normalized spacial score (nSPS) is 16.9. The third-order valence-corrected chi connectivity index (χ3v) is 2.67. The lowest BCUT2D eigenvalue weighted by Gasteiger charge is -2.27. The Morgan fingerprint density at radius 2 is 1.94 bits per heavy atom. The second-order valence-electron chi connectivity index (χ2n) is 3.86. The number of hydrogen-bond acceptors (Lipinski definition) is 5. The Bertz CT molecular complexity index is 374. The zero-order valence-corrected chi connectivity index (χ0v) is 9.46. The van der Waals surface area contributed by atoms with Crippen molar-refractivity contribution in [2.75, 3.05) is 26.3 Å². The smallest absolute Gasteiger partial charge is 0.269 e. The predicted molar refractivity (Wildman–Crippen MR) is 62.3 cm³/mol. The van der Waals surface area contributed by atoms with Gasteiger partial charge >= 0.3 is 0 Å². The van der Waals surface area contributed by atoms with Crippen LogP contribution in [0.15, 0.2) is 24.3 Å². The Kier molecular flexibility index (Phi) is 4.03. The van der Waals surface area contributed by atoms with Gasteiger partial charge in [-0.3, -0.25) is 15.5 Å². The second kappa shape index (κ2) is 5.72. The first kappa shape index (κ1) is 12.0. The number of hydrogen-bond donors (Lipinski definition) is 1. The van der Waals surface area contributed by atoms with E-state index in [-0.39, 0.29) is 10.6 Å². The van der Waals surface area contributed by atoms with Crippen molar-refractivity contribution < 1.29 is 9.66 Å². The number of nitrogens with zero attached hydrogens (tertiary/aromatic N) is 2. The van der Waals surface area contributed by atoms with Crippen molar-refractivity contribution in [2.24, 2.45) is 0 Å². The molecule has 1 aliphatic rings. The molecule has 0 bridgehead atoms. The van der Waals surface area contributed by atoms with E-state index in [1.165, 1.54) is 12.1 Å². The highest BCUT2D eigenvalue weighted by Crippen LogP contribution is 2.11. The first-order chi connectivity index (χ1) is 8.25. The Balaban J connectivity index is 1.84. The Hall–Kier alpha value is -1.50. The van der Waals surface area contributed by atoms with Crippen molar-refractivity contribution in [1.82, 2.24) is 10.4 Å². The number of nitrogens with one attached hydrogen (secondary N) is 1. The van der Waals surface area contributed by atoms with Gasteiger partial charge in [0.1, 0.15) is 0 Å². The molecule has 0 amide bonds. The number of benzene rings is 1. The van der Waals surface area contributed by atoms with Gasteiger partial charge in [0, 0.05) is 31.8 Å². The summed E-state index contributed by atoms with van der Waals surface area (Å²) in [4.78, 5) is 10.1. The molecule has 0 aliphatic carbocycles. The van der Waals surface area contributed by atoms with Crippen LogP contribution in [0.3, 0.4) is 0 Å². The standard InChI is InChI=1S/C11H15N3O3/c15-14(16)11-3-1-10(2-4-11)9-12-13-5-7-17-8-6-13/h1-4,12H,5-9H2. The van der Waals surface area contributed by atoms with E-state index in [9.17, 15) is 10.1 Å². The number of nitro groups is 1. The van der Waals surface area contributed by atoms with E-state index in [0.29, 0.717) is 6.54 Å². The summed E-state index contributed by atoms with van der Waals surface area (Å²) in [6.45, 7) is 3.90. The third kappa shape index (κ3) is 3.48. The maximum atomic E-state index is 10.5. The molecule has 6 nitrogen and oxygen atoms in total. The van der Waals surface area contributed by atoms with Gasteiger partial charge < -0.3 is 4.74 Å². The van der Waals surface area contributed by atoms with Crippen LogP contribution in [0.2, 0.25) is 0 Å². The van der Waals surface area contributed by atoms with Gasteiger partial charge in [-0.15, -0.1) is 0 Å². The van der Waals surface area contributed by atoms with Crippen molar-refractivity contribution in [2.45, 2.75) is 6.54 Å². The molecule has 1 saturated heterocycles. The van der Waals surface area contributed by atoms with E-state index in [2.05, 4.69) is 10.4 Å². The van der Waals surface area contributed by atoms with Crippen LogP contribution in [-0.4, -0.2) is 36.2 Å². The van der Waals surface area contributed by atoms with E-state index in [1.54, 1.807) is 12.1 Å². The van der Waals surface area contributed by atoms with E-state index < -0.39 is 0 Å². The molecule has 0 aromatic heterocycles. The van der Waals surface area contributed by atoms with Crippen molar-refractivity contribution in [1.29, 1.82) is 0 Å². The summed E-state index contributed by atoms with van der Waals surface area (Å²) in [7, 11) is 0. The Morgan fingerprint density at radius 3 is 2.53 bits per heavy atom. The summed E-state index contributed by atoms with van der Waals surface area (Å²) in [5.74, 6) is 0. The number of ether oxygens (including phenoxy) is 1. The molecule has 1 fully saturated rings. The molecule has 1 N–H and O–H groups in total. The van der Waals surface area contributed by atoms with Gasteiger partial charge in [-0.1, -0.05) is 12.1 Å². The maximum absolute atomic E-state index is 10.5. The van der Waals surface area contributed by atoms with Crippen LogP contribution in [0.25, 0.3) is 0 Å². The molecular weight excluding hydrogens is 222 g/mol. The lowest BCUT2D eigenvalue weighted by molar-refractivity contribution is -0.384. The minimum absolute atomic E-state index is 0.125. The Morgan fingerprint density at radius 1 is 1.29 bits per heavy atom. The van der Waals surface area contributed by atoms with E-state index >= 15 is 0 Å². The average molecular weight is 237 g/mol. The van der Waals surface area contributed by atoms with E-state index in [4.69, 9.17) is 4.74 Å². The van der Waals surface area contributed by atoms with Crippen LogP contribution >= 0.6 is 0 Å². The average Bonchev–Trinajstić information content (AvgIpc) is 2.38. The van der Waals surface area contributed by atoms with Gasteiger partial charge in [0.15, 0.2) is 0 Å². The zero-order valence-electron chi connectivity index (χ0n) is 9.46. The monoisotopic (exact) mass is 237 g/mol.